The van der Waals surface area contributed by atoms with E-state index < -0.39 is 383 Å². The molecule has 0 saturated carbocycles. The van der Waals surface area contributed by atoms with E-state index >= 15 is 38.4 Å². The Morgan fingerprint density at radius 3 is 1.50 bits per heavy atom. The number of phenols is 2. The van der Waals surface area contributed by atoms with E-state index in [1.807, 2.05) is 6.92 Å². The number of fused-ring (bicyclic) bond motifs is 7. The molecule has 4 heterocycles. The van der Waals surface area contributed by atoms with Gasteiger partial charge >= 0.3 is 17.9 Å². The number of thioether (sulfide) groups is 3. The number of aromatic hydroxyl groups is 2. The summed E-state index contributed by atoms with van der Waals surface area (Å²) in [5, 5.41) is 69.3. The molecule has 43 nitrogen and oxygen atoms in total. The number of Topliss-reactive ketones (excluding diaryl/α,β-unsaturated/α-hetero) is 8. The number of hydrogen-bond donors (Lipinski definition) is 15. The highest BCUT2D eigenvalue weighted by molar-refractivity contribution is 8.00. The number of nitrogens with zero attached hydrogens (tertiary/aromatic N) is 4. The van der Waals surface area contributed by atoms with E-state index in [0.717, 1.165) is 54.9 Å². The molecule has 0 spiro atoms. The highest BCUT2D eigenvalue weighted by Crippen LogP contribution is 2.32. The summed E-state index contributed by atoms with van der Waals surface area (Å²) in [6.45, 7) is 7.38. The molecule has 4 bridgehead atoms. The van der Waals surface area contributed by atoms with Crippen LogP contribution in [0.1, 0.15) is 212 Å². The second-order valence-electron chi connectivity index (χ2n) is 38.5. The molecule has 17 atom stereocenters. The SMILES string of the molecule is CCCC[C@@H]1NC(=O)[C@H](Cc2ccc(O)cc2)CC(=O)[C@@H]2CCCN2C(=O)[C@H](CC(=O)O)CC(=O)[C@@H](C)NC(=O)[C@H](Cc2ccccc2)CC(=O)[C@@H]2CSCC(=O)N3CN(CN(C3)C(=O)CCSC[C@H](CC(=O)[C@H](C)N)C(=O)N[C@@H]([C@@H](C)CC)C(=O)C[C@@H](CCC(=O)O)C(=O)N[C@@H](CCC(=O)O)C(=O)CCC(=O)N[C@@H](CCC(N)=O)C(=O)C[C@@H](Cc3ccc(O)cc3)C(=O)N2)C(=O)CCSC[C@@H](C(=O)N[C@@H](C)C(N)=O)CC1=O. The van der Waals surface area contributed by atoms with Gasteiger partial charge in [0, 0.05) is 149 Å². The summed E-state index contributed by atoms with van der Waals surface area (Å²) in [6.07, 6.45) is -11.7. The summed E-state index contributed by atoms with van der Waals surface area (Å²) in [5.74, 6) is -35.9. The molecule has 148 heavy (non-hydrogen) atoms. The predicted molar refractivity (Wildman–Crippen MR) is 542 cm³/mol. The van der Waals surface area contributed by atoms with Crippen LogP contribution in [0.25, 0.3) is 0 Å². The number of carboxylic acids is 3. The number of rotatable bonds is 28. The van der Waals surface area contributed by atoms with Gasteiger partial charge in [-0.1, -0.05) is 94.6 Å². The maximum atomic E-state index is 15.8. The van der Waals surface area contributed by atoms with Crippen LogP contribution in [0, 0.1) is 47.3 Å². The first kappa shape index (κ1) is 122. The summed E-state index contributed by atoms with van der Waals surface area (Å²) in [7, 11) is 0. The van der Waals surface area contributed by atoms with Gasteiger partial charge in [0.05, 0.1) is 98.3 Å². The van der Waals surface area contributed by atoms with E-state index in [1.165, 1.54) is 69.3 Å². The van der Waals surface area contributed by atoms with Crippen molar-refractivity contribution < 1.29 is 141 Å². The minimum atomic E-state index is -1.79. The zero-order chi connectivity index (χ0) is 109. The van der Waals surface area contributed by atoms with Crippen molar-refractivity contribution in [3.8, 4) is 11.5 Å². The van der Waals surface area contributed by atoms with E-state index in [4.69, 9.17) is 17.2 Å². The zero-order valence-electron chi connectivity index (χ0n) is 84.3. The number of aliphatic carboxylic acids is 3. The van der Waals surface area contributed by atoms with Crippen molar-refractivity contribution in [3.05, 3.63) is 95.6 Å². The van der Waals surface area contributed by atoms with Gasteiger partial charge in [-0.15, -0.1) is 11.8 Å². The maximum absolute atomic E-state index is 15.8. The third-order valence-electron chi connectivity index (χ3n) is 26.7. The van der Waals surface area contributed by atoms with Gasteiger partial charge in [0.25, 0.3) is 0 Å². The molecule has 0 radical (unpaired) electrons. The molecule has 0 aromatic heterocycles. The molecule has 3 aromatic carbocycles. The third kappa shape index (κ3) is 40.7. The zero-order valence-corrected chi connectivity index (χ0v) is 86.7. The quantitative estimate of drug-likeness (QED) is 0.0497. The summed E-state index contributed by atoms with van der Waals surface area (Å²) < 4.78 is 0. The van der Waals surface area contributed by atoms with Crippen LogP contribution in [-0.2, 0) is 134 Å². The number of unbranched alkanes of at least 4 members (excludes halogenated alkanes) is 1. The van der Waals surface area contributed by atoms with Gasteiger partial charge in [-0.3, -0.25) is 115 Å². The molecule has 4 aliphatic heterocycles. The molecular formula is C102H140N14O29S3. The molecule has 4 saturated heterocycles. The number of amides is 13. The van der Waals surface area contributed by atoms with Gasteiger partial charge < -0.3 is 99.6 Å². The van der Waals surface area contributed by atoms with Crippen molar-refractivity contribution in [2.75, 3.05) is 61.1 Å². The monoisotopic (exact) mass is 2120 g/mol. The predicted octanol–water partition coefficient (Wildman–Crippen LogP) is 2.84. The highest BCUT2D eigenvalue weighted by atomic mass is 32.2. The lowest BCUT2D eigenvalue weighted by molar-refractivity contribution is -0.157. The van der Waals surface area contributed by atoms with Crippen molar-refractivity contribution in [2.45, 2.75) is 269 Å². The lowest BCUT2D eigenvalue weighted by Gasteiger charge is -2.42. The van der Waals surface area contributed by atoms with Crippen LogP contribution in [0.3, 0.4) is 0 Å². The van der Waals surface area contributed by atoms with Crippen LogP contribution < -0.4 is 54.4 Å². The van der Waals surface area contributed by atoms with E-state index in [1.54, 1.807) is 44.2 Å². The third-order valence-corrected chi connectivity index (χ3v) is 29.9. The summed E-state index contributed by atoms with van der Waals surface area (Å²) >= 11 is 2.75. The highest BCUT2D eigenvalue weighted by Gasteiger charge is 2.44. The molecule has 4 aliphatic rings. The van der Waals surface area contributed by atoms with Crippen LogP contribution in [0.4, 0.5) is 0 Å². The number of benzene rings is 3. The van der Waals surface area contributed by atoms with Gasteiger partial charge in [0.15, 0.2) is 40.5 Å². The Morgan fingerprint density at radius 1 is 0.466 bits per heavy atom. The molecule has 7 rings (SSSR count). The maximum Gasteiger partial charge on any atom is 0.304 e. The number of hydrogen-bond acceptors (Lipinski definition) is 30. The first-order chi connectivity index (χ1) is 70.1. The molecule has 0 aliphatic carbocycles. The van der Waals surface area contributed by atoms with Crippen molar-refractivity contribution in [2.24, 2.45) is 64.5 Å². The van der Waals surface area contributed by atoms with E-state index in [0.29, 0.717) is 24.0 Å². The fraction of sp³-hybridized carbons (Fsp3) is 0.588. The second kappa shape index (κ2) is 61.2. The number of phenolic OH excluding ortho intramolecular Hbond substituents is 2. The first-order valence-electron chi connectivity index (χ1n) is 49.9. The molecule has 3 aromatic rings. The minimum absolute atomic E-state index is 0.0108. The average molecular weight is 2120 g/mol. The van der Waals surface area contributed by atoms with Crippen LogP contribution in [0.5, 0.6) is 11.5 Å². The number of ketones is 8. The fourth-order valence-electron chi connectivity index (χ4n) is 17.6. The Morgan fingerprint density at radius 2 is 0.953 bits per heavy atom. The smallest absolute Gasteiger partial charge is 0.304 e. The summed E-state index contributed by atoms with van der Waals surface area (Å²) in [6, 6.07) is 5.87. The Balaban J connectivity index is 1.39. The van der Waals surface area contributed by atoms with Crippen molar-refractivity contribution in [3.63, 3.8) is 0 Å². The number of nitrogens with two attached hydrogens (primary N) is 3. The van der Waals surface area contributed by atoms with Gasteiger partial charge in [-0.2, -0.15) is 23.5 Å². The average Bonchev–Trinajstić information content (AvgIpc) is 1.52. The summed E-state index contributed by atoms with van der Waals surface area (Å²) in [4.78, 5) is 349. The van der Waals surface area contributed by atoms with Crippen molar-refractivity contribution in [1.29, 1.82) is 0 Å². The molecular weight excluding hydrogens is 1980 g/mol. The van der Waals surface area contributed by atoms with E-state index in [2.05, 4.69) is 37.2 Å². The normalized spacial score (nSPS) is 25.1. The Kier molecular flexibility index (Phi) is 50.5. The van der Waals surface area contributed by atoms with Gasteiger partial charge in [0.1, 0.15) is 23.3 Å². The Labute approximate surface area is 870 Å². The summed E-state index contributed by atoms with van der Waals surface area (Å²) in [5.41, 5.74) is 18.5. The number of carbonyl (C=O) groups excluding carboxylic acids is 21. The number of carbonyl (C=O) groups is 24. The van der Waals surface area contributed by atoms with E-state index in [-0.39, 0.29) is 98.0 Å². The van der Waals surface area contributed by atoms with Crippen LogP contribution >= 0.6 is 35.3 Å². The van der Waals surface area contributed by atoms with Crippen LogP contribution in [0.2, 0.25) is 0 Å². The van der Waals surface area contributed by atoms with Gasteiger partial charge in [-0.25, -0.2) is 0 Å². The molecule has 18 N–H and O–H groups in total. The number of primary amides is 2. The van der Waals surface area contributed by atoms with Gasteiger partial charge in [-0.05, 0) is 125 Å². The fourth-order valence-corrected chi connectivity index (χ4v) is 20.6. The lowest BCUT2D eigenvalue weighted by atomic mass is 9.87. The number of carboxylic acid groups (broad SMARTS) is 3. The topological polar surface area (TPSA) is 686 Å². The van der Waals surface area contributed by atoms with Gasteiger partial charge in [0.2, 0.25) is 76.8 Å². The molecule has 810 valence electrons. The van der Waals surface area contributed by atoms with Crippen LogP contribution in [-0.4, -0.2) is 302 Å². The Bertz CT molecular complexity index is 5250. The molecule has 13 amide bonds. The molecule has 0 unspecified atom stereocenters. The second-order valence-corrected chi connectivity index (χ2v) is 41.8. The standard InChI is InChI=1S/C102H140N14O29S3/c1-7-9-16-73-82(123)48-70(100(143)107-60(6)95(105)138)51-147-38-35-89(130)114-54-113-55-115(56-114)90(131)53-148-52-76(83(124)44-65(39-61-14-11-10-12-15-61)97(140)106-59(5)80(121)46-68(49-93(136)137)102(145)116-36-13-17-77(116)84(125)45-67(98(141)109-73)41-63-20-25-72(118)26-21-63)111-99(142)66(40-62-18-23-71(117)24-19-62)43-81(122)75(27-30-86(104)127)108-87(128)31-29-78(119)74(28-33-92(134)135)110-96(139)64(22-32-91(132)133)42-85(126)94(57(3)8-2)112-101(144)69(47-79(120)58(4)103)50-146-37-34-88(113)129/h10-12,14-15,18-21,23-26,57-60,64-70,73-77,94,117-118H,7-9,13,16-17,22,27-56,103H2,1-6H3,(H2,104,127)(H2,105,138)(H,106,140)(H,107,143)(H,108,128)(H,109,141)(H,110,139)(H,111,142)(H,112,144)(H,132,133)(H,134,135)(H,136,137)/t57-,58-,59+,60-,64+,65+,66+,67+,68-,69-,70-,73-,74-,75-,76-,77-,94-/m0/s1. The lowest BCUT2D eigenvalue weighted by Crippen LogP contribution is -2.60. The molecule has 46 heteroatoms. The number of nitrogens with one attached hydrogen (secondary N) is 7. The Hall–Kier alpha value is -12.9. The largest absolute Gasteiger partial charge is 0.508 e. The van der Waals surface area contributed by atoms with Crippen LogP contribution in [0.15, 0.2) is 78.9 Å². The first-order valence-corrected chi connectivity index (χ1v) is 53.4. The minimum Gasteiger partial charge on any atom is -0.508 e. The van der Waals surface area contributed by atoms with Crippen molar-refractivity contribution in [1.82, 2.24) is 56.8 Å². The molecule has 4 fully saturated rings. The van der Waals surface area contributed by atoms with E-state index in [9.17, 15) is 102 Å². The van der Waals surface area contributed by atoms with Crippen molar-refractivity contribution >= 4 is 176 Å².